The van der Waals surface area contributed by atoms with Crippen LogP contribution in [-0.2, 0) is 0 Å². The molecule has 0 heterocycles. The Labute approximate surface area is 118 Å². The van der Waals surface area contributed by atoms with Crippen LogP contribution in [0.2, 0.25) is 0 Å². The van der Waals surface area contributed by atoms with E-state index in [2.05, 4.69) is 0 Å². The molecule has 4 nitrogen and oxygen atoms in total. The van der Waals surface area contributed by atoms with E-state index in [1.54, 1.807) is 30.2 Å². The number of nitrogens with two attached hydrogens (primary N) is 1. The average molecular weight is 270 g/mol. The third-order valence-electron chi connectivity index (χ3n) is 2.98. The molecule has 0 fully saturated rings. The molecule has 2 aromatic carbocycles. The predicted molar refractivity (Wildman–Crippen MR) is 80.2 cm³/mol. The van der Waals surface area contributed by atoms with Gasteiger partial charge in [-0.1, -0.05) is 24.3 Å². The molecule has 20 heavy (non-hydrogen) atoms. The van der Waals surface area contributed by atoms with E-state index in [0.717, 1.165) is 5.69 Å². The molecule has 0 unspecified atom stereocenters. The summed E-state index contributed by atoms with van der Waals surface area (Å²) in [5.41, 5.74) is 7.04. The molecule has 2 aromatic rings. The fraction of sp³-hybridized carbons (Fsp3) is 0.188. The SMILES string of the molecule is COc1cccc(C(=O)N(CCN)c2ccccc2)c1. The fourth-order valence-corrected chi connectivity index (χ4v) is 2.00. The van der Waals surface area contributed by atoms with Gasteiger partial charge < -0.3 is 15.4 Å². The summed E-state index contributed by atoms with van der Waals surface area (Å²) in [5.74, 6) is 0.581. The van der Waals surface area contributed by atoms with E-state index in [1.165, 1.54) is 0 Å². The van der Waals surface area contributed by atoms with E-state index < -0.39 is 0 Å². The molecule has 1 amide bonds. The van der Waals surface area contributed by atoms with Crippen LogP contribution in [0.3, 0.4) is 0 Å². The minimum atomic E-state index is -0.0828. The molecule has 0 spiro atoms. The number of benzene rings is 2. The molecule has 0 saturated heterocycles. The molecule has 0 aliphatic rings. The van der Waals surface area contributed by atoms with Gasteiger partial charge >= 0.3 is 0 Å². The highest BCUT2D eigenvalue weighted by atomic mass is 16.5. The maximum atomic E-state index is 12.6. The van der Waals surface area contributed by atoms with Crippen molar-refractivity contribution in [1.82, 2.24) is 0 Å². The number of carbonyl (C=O) groups is 1. The zero-order valence-corrected chi connectivity index (χ0v) is 11.5. The van der Waals surface area contributed by atoms with Crippen LogP contribution in [0.25, 0.3) is 0 Å². The molecule has 0 saturated carbocycles. The Morgan fingerprint density at radius 3 is 2.55 bits per heavy atom. The molecular weight excluding hydrogens is 252 g/mol. The van der Waals surface area contributed by atoms with Crippen molar-refractivity contribution >= 4 is 11.6 Å². The van der Waals surface area contributed by atoms with E-state index in [-0.39, 0.29) is 5.91 Å². The fourth-order valence-electron chi connectivity index (χ4n) is 2.00. The molecule has 0 aliphatic heterocycles. The van der Waals surface area contributed by atoms with Crippen LogP contribution >= 0.6 is 0 Å². The van der Waals surface area contributed by atoms with Crippen LogP contribution in [0.5, 0.6) is 5.75 Å². The lowest BCUT2D eigenvalue weighted by Crippen LogP contribution is -2.35. The van der Waals surface area contributed by atoms with Crippen molar-refractivity contribution in [2.24, 2.45) is 5.73 Å². The Morgan fingerprint density at radius 1 is 1.15 bits per heavy atom. The molecule has 0 atom stereocenters. The van der Waals surface area contributed by atoms with Crippen molar-refractivity contribution in [2.75, 3.05) is 25.1 Å². The average Bonchev–Trinajstić information content (AvgIpc) is 2.53. The van der Waals surface area contributed by atoms with Gasteiger partial charge in [0.05, 0.1) is 7.11 Å². The van der Waals surface area contributed by atoms with Gasteiger partial charge in [0, 0.05) is 24.3 Å². The number of rotatable bonds is 5. The minimum Gasteiger partial charge on any atom is -0.497 e. The molecule has 0 bridgehead atoms. The predicted octanol–water partition coefficient (Wildman–Crippen LogP) is 2.30. The number of methoxy groups -OCH3 is 1. The second-order valence-corrected chi connectivity index (χ2v) is 4.31. The van der Waals surface area contributed by atoms with Gasteiger partial charge in [-0.05, 0) is 30.3 Å². The molecule has 104 valence electrons. The first-order chi connectivity index (χ1) is 9.76. The third-order valence-corrected chi connectivity index (χ3v) is 2.98. The van der Waals surface area contributed by atoms with Crippen LogP contribution in [-0.4, -0.2) is 26.1 Å². The lowest BCUT2D eigenvalue weighted by atomic mass is 10.1. The van der Waals surface area contributed by atoms with E-state index in [1.807, 2.05) is 36.4 Å². The molecule has 2 rings (SSSR count). The van der Waals surface area contributed by atoms with Gasteiger partial charge in [-0.2, -0.15) is 0 Å². The molecule has 0 aliphatic carbocycles. The highest BCUT2D eigenvalue weighted by Crippen LogP contribution is 2.19. The van der Waals surface area contributed by atoms with Gasteiger partial charge in [0.2, 0.25) is 0 Å². The lowest BCUT2D eigenvalue weighted by Gasteiger charge is -2.22. The summed E-state index contributed by atoms with van der Waals surface area (Å²) in [7, 11) is 1.58. The van der Waals surface area contributed by atoms with Gasteiger partial charge in [0.15, 0.2) is 0 Å². The molecule has 2 N–H and O–H groups in total. The van der Waals surface area contributed by atoms with Gasteiger partial charge in [0.1, 0.15) is 5.75 Å². The smallest absolute Gasteiger partial charge is 0.258 e. The number of anilines is 1. The van der Waals surface area contributed by atoms with Crippen molar-refractivity contribution in [3.8, 4) is 5.75 Å². The number of hydrogen-bond donors (Lipinski definition) is 1. The Balaban J connectivity index is 2.31. The Morgan fingerprint density at radius 2 is 1.90 bits per heavy atom. The largest absolute Gasteiger partial charge is 0.497 e. The van der Waals surface area contributed by atoms with Gasteiger partial charge in [-0.3, -0.25) is 4.79 Å². The Kier molecular flexibility index (Phi) is 4.74. The van der Waals surface area contributed by atoms with E-state index in [0.29, 0.717) is 24.4 Å². The third kappa shape index (κ3) is 3.16. The standard InChI is InChI=1S/C16H18N2O2/c1-20-15-9-5-6-13(12-15)16(19)18(11-10-17)14-7-3-2-4-8-14/h2-9,12H,10-11,17H2,1H3. The monoisotopic (exact) mass is 270 g/mol. The molecular formula is C16H18N2O2. The summed E-state index contributed by atoms with van der Waals surface area (Å²) in [6, 6.07) is 16.6. The maximum absolute atomic E-state index is 12.6. The minimum absolute atomic E-state index is 0.0828. The van der Waals surface area contributed by atoms with Crippen molar-refractivity contribution in [3.05, 3.63) is 60.2 Å². The lowest BCUT2D eigenvalue weighted by molar-refractivity contribution is 0.0987. The van der Waals surface area contributed by atoms with Crippen LogP contribution in [0.4, 0.5) is 5.69 Å². The van der Waals surface area contributed by atoms with Crippen LogP contribution < -0.4 is 15.4 Å². The molecule has 0 aromatic heterocycles. The topological polar surface area (TPSA) is 55.6 Å². The van der Waals surface area contributed by atoms with Gasteiger partial charge in [0.25, 0.3) is 5.91 Å². The summed E-state index contributed by atoms with van der Waals surface area (Å²) in [6.07, 6.45) is 0. The number of amides is 1. The quantitative estimate of drug-likeness (QED) is 0.907. The Hall–Kier alpha value is -2.33. The normalized spacial score (nSPS) is 10.1. The second-order valence-electron chi connectivity index (χ2n) is 4.31. The first-order valence-corrected chi connectivity index (χ1v) is 6.47. The summed E-state index contributed by atoms with van der Waals surface area (Å²) >= 11 is 0. The van der Waals surface area contributed by atoms with Crippen LogP contribution in [0, 0.1) is 0 Å². The number of hydrogen-bond acceptors (Lipinski definition) is 3. The van der Waals surface area contributed by atoms with Gasteiger partial charge in [-0.25, -0.2) is 0 Å². The van der Waals surface area contributed by atoms with Crippen LogP contribution in [0.15, 0.2) is 54.6 Å². The van der Waals surface area contributed by atoms with E-state index in [4.69, 9.17) is 10.5 Å². The zero-order chi connectivity index (χ0) is 14.4. The molecule has 4 heteroatoms. The maximum Gasteiger partial charge on any atom is 0.258 e. The van der Waals surface area contributed by atoms with Crippen molar-refractivity contribution < 1.29 is 9.53 Å². The van der Waals surface area contributed by atoms with Crippen molar-refractivity contribution in [1.29, 1.82) is 0 Å². The Bertz CT molecular complexity index is 570. The van der Waals surface area contributed by atoms with Crippen molar-refractivity contribution in [2.45, 2.75) is 0 Å². The summed E-state index contributed by atoms with van der Waals surface area (Å²) in [6.45, 7) is 0.880. The number of nitrogens with zero attached hydrogens (tertiary/aromatic N) is 1. The zero-order valence-electron chi connectivity index (χ0n) is 11.5. The first-order valence-electron chi connectivity index (χ1n) is 6.47. The highest BCUT2D eigenvalue weighted by Gasteiger charge is 2.17. The molecule has 0 radical (unpaired) electrons. The van der Waals surface area contributed by atoms with Crippen LogP contribution in [0.1, 0.15) is 10.4 Å². The second kappa shape index (κ2) is 6.73. The van der Waals surface area contributed by atoms with E-state index in [9.17, 15) is 4.79 Å². The first kappa shape index (κ1) is 14.1. The van der Waals surface area contributed by atoms with Crippen molar-refractivity contribution in [3.63, 3.8) is 0 Å². The number of carbonyl (C=O) groups excluding carboxylic acids is 1. The highest BCUT2D eigenvalue weighted by molar-refractivity contribution is 6.06. The van der Waals surface area contributed by atoms with E-state index >= 15 is 0 Å². The van der Waals surface area contributed by atoms with Gasteiger partial charge in [-0.15, -0.1) is 0 Å². The number of para-hydroxylation sites is 1. The number of ether oxygens (including phenoxy) is 1. The summed E-state index contributed by atoms with van der Waals surface area (Å²) in [5, 5.41) is 0. The summed E-state index contributed by atoms with van der Waals surface area (Å²) < 4.78 is 5.15. The summed E-state index contributed by atoms with van der Waals surface area (Å²) in [4.78, 5) is 14.3.